The lowest BCUT2D eigenvalue weighted by Gasteiger charge is -2.25. The molecule has 0 saturated heterocycles. The van der Waals surface area contributed by atoms with Crippen molar-refractivity contribution in [3.05, 3.63) is 24.3 Å². The van der Waals surface area contributed by atoms with Crippen molar-refractivity contribution < 1.29 is 23.1 Å². The lowest BCUT2D eigenvalue weighted by Crippen LogP contribution is -2.53. The number of aliphatic carboxylic acids is 1. The highest BCUT2D eigenvalue weighted by Gasteiger charge is 2.50. The zero-order chi connectivity index (χ0) is 15.0. The molecule has 110 valence electrons. The standard InChI is InChI=1S/C13H17NO5S/c1-13(12(15)16,9-3-4-9)14-20(17,18)11-7-5-10(19-2)6-8-11/h5-9,14H,3-4H2,1-2H3,(H,15,16). The molecular formula is C13H17NO5S. The number of benzene rings is 1. The van der Waals surface area contributed by atoms with Gasteiger partial charge in [-0.15, -0.1) is 0 Å². The van der Waals surface area contributed by atoms with Gasteiger partial charge in [-0.2, -0.15) is 4.72 Å². The average molecular weight is 299 g/mol. The van der Waals surface area contributed by atoms with Crippen molar-refractivity contribution in [2.45, 2.75) is 30.2 Å². The normalized spacial score (nSPS) is 18.3. The van der Waals surface area contributed by atoms with Gasteiger partial charge in [-0.1, -0.05) is 0 Å². The predicted molar refractivity (Wildman–Crippen MR) is 72.1 cm³/mol. The molecule has 20 heavy (non-hydrogen) atoms. The van der Waals surface area contributed by atoms with Gasteiger partial charge in [-0.25, -0.2) is 8.42 Å². The van der Waals surface area contributed by atoms with Crippen molar-refractivity contribution >= 4 is 16.0 Å². The Morgan fingerprint density at radius 2 is 1.90 bits per heavy atom. The summed E-state index contributed by atoms with van der Waals surface area (Å²) in [6.45, 7) is 1.41. The largest absolute Gasteiger partial charge is 0.497 e. The van der Waals surface area contributed by atoms with E-state index in [1.165, 1.54) is 38.3 Å². The molecule has 0 bridgehead atoms. The molecule has 1 aliphatic carbocycles. The van der Waals surface area contributed by atoms with Crippen molar-refractivity contribution in [1.29, 1.82) is 0 Å². The Bertz CT molecular complexity index is 606. The number of hydrogen-bond acceptors (Lipinski definition) is 4. The minimum Gasteiger partial charge on any atom is -0.497 e. The summed E-state index contributed by atoms with van der Waals surface area (Å²) < 4.78 is 31.8. The first kappa shape index (κ1) is 14.8. The van der Waals surface area contributed by atoms with Crippen LogP contribution in [0.2, 0.25) is 0 Å². The van der Waals surface area contributed by atoms with E-state index in [2.05, 4.69) is 4.72 Å². The second kappa shape index (κ2) is 5.06. The number of carboxylic acids is 1. The molecule has 6 nitrogen and oxygen atoms in total. The molecule has 1 atom stereocenters. The molecule has 0 aromatic heterocycles. The summed E-state index contributed by atoms with van der Waals surface area (Å²) in [4.78, 5) is 11.4. The smallest absolute Gasteiger partial charge is 0.324 e. The van der Waals surface area contributed by atoms with Gasteiger partial charge < -0.3 is 9.84 Å². The maximum Gasteiger partial charge on any atom is 0.324 e. The first-order chi connectivity index (χ1) is 9.29. The highest BCUT2D eigenvalue weighted by atomic mass is 32.2. The van der Waals surface area contributed by atoms with E-state index in [1.54, 1.807) is 0 Å². The van der Waals surface area contributed by atoms with Crippen molar-refractivity contribution in [1.82, 2.24) is 4.72 Å². The monoisotopic (exact) mass is 299 g/mol. The number of nitrogens with one attached hydrogen (secondary N) is 1. The van der Waals surface area contributed by atoms with Crippen LogP contribution in [-0.4, -0.2) is 32.1 Å². The lowest BCUT2D eigenvalue weighted by atomic mass is 9.98. The third kappa shape index (κ3) is 2.78. The second-order valence-electron chi connectivity index (χ2n) is 5.06. The van der Waals surface area contributed by atoms with Crippen molar-refractivity contribution in [3.8, 4) is 5.75 Å². The number of rotatable bonds is 6. The molecule has 1 saturated carbocycles. The fourth-order valence-electron chi connectivity index (χ4n) is 2.06. The molecule has 0 aliphatic heterocycles. The number of methoxy groups -OCH3 is 1. The molecule has 1 aromatic rings. The minimum atomic E-state index is -3.88. The number of carboxylic acid groups (broad SMARTS) is 1. The molecule has 0 spiro atoms. The molecule has 7 heteroatoms. The molecule has 0 radical (unpaired) electrons. The van der Waals surface area contributed by atoms with Crippen LogP contribution in [0.4, 0.5) is 0 Å². The van der Waals surface area contributed by atoms with Crippen molar-refractivity contribution in [2.24, 2.45) is 5.92 Å². The highest BCUT2D eigenvalue weighted by molar-refractivity contribution is 7.89. The summed E-state index contributed by atoms with van der Waals surface area (Å²) in [5.74, 6) is -0.780. The summed E-state index contributed by atoms with van der Waals surface area (Å²) >= 11 is 0. The summed E-state index contributed by atoms with van der Waals surface area (Å²) in [7, 11) is -2.40. The summed E-state index contributed by atoms with van der Waals surface area (Å²) in [5, 5.41) is 9.29. The van der Waals surface area contributed by atoms with E-state index < -0.39 is 21.5 Å². The van der Waals surface area contributed by atoms with E-state index >= 15 is 0 Å². The lowest BCUT2D eigenvalue weighted by molar-refractivity contribution is -0.144. The summed E-state index contributed by atoms with van der Waals surface area (Å²) in [6.07, 6.45) is 1.43. The number of sulfonamides is 1. The predicted octanol–water partition coefficient (Wildman–Crippen LogP) is 1.23. The van der Waals surface area contributed by atoms with Crippen LogP contribution in [0, 0.1) is 5.92 Å². The van der Waals surface area contributed by atoms with Gasteiger partial charge in [0.15, 0.2) is 0 Å². The topological polar surface area (TPSA) is 92.7 Å². The quantitative estimate of drug-likeness (QED) is 0.824. The molecular weight excluding hydrogens is 282 g/mol. The zero-order valence-corrected chi connectivity index (χ0v) is 12.1. The Hall–Kier alpha value is -1.60. The Kier molecular flexibility index (Phi) is 3.75. The first-order valence-electron chi connectivity index (χ1n) is 6.21. The van der Waals surface area contributed by atoms with Crippen LogP contribution in [0.15, 0.2) is 29.2 Å². The molecule has 2 rings (SSSR count). The van der Waals surface area contributed by atoms with Crippen molar-refractivity contribution in [3.63, 3.8) is 0 Å². The van der Waals surface area contributed by atoms with E-state index in [0.29, 0.717) is 18.6 Å². The highest BCUT2D eigenvalue weighted by Crippen LogP contribution is 2.40. The Morgan fingerprint density at radius 1 is 1.35 bits per heavy atom. The number of ether oxygens (including phenoxy) is 1. The van der Waals surface area contributed by atoms with Crippen LogP contribution in [-0.2, 0) is 14.8 Å². The van der Waals surface area contributed by atoms with Gasteiger partial charge in [0.25, 0.3) is 0 Å². The molecule has 0 heterocycles. The van der Waals surface area contributed by atoms with Crippen molar-refractivity contribution in [2.75, 3.05) is 7.11 Å². The molecule has 1 fully saturated rings. The maximum atomic E-state index is 12.3. The third-order valence-electron chi connectivity index (χ3n) is 3.55. The first-order valence-corrected chi connectivity index (χ1v) is 7.69. The average Bonchev–Trinajstić information content (AvgIpc) is 3.22. The van der Waals surface area contributed by atoms with Gasteiger partial charge in [-0.05, 0) is 49.9 Å². The van der Waals surface area contributed by atoms with Gasteiger partial charge in [0.05, 0.1) is 12.0 Å². The van der Waals surface area contributed by atoms with E-state index in [1.807, 2.05) is 0 Å². The Labute approximate surface area is 117 Å². The fourth-order valence-corrected chi connectivity index (χ4v) is 3.48. The Morgan fingerprint density at radius 3 is 2.30 bits per heavy atom. The van der Waals surface area contributed by atoms with E-state index in [0.717, 1.165) is 0 Å². The molecule has 1 aliphatic rings. The van der Waals surface area contributed by atoms with Crippen LogP contribution in [0.5, 0.6) is 5.75 Å². The van der Waals surface area contributed by atoms with Crippen LogP contribution in [0.1, 0.15) is 19.8 Å². The van der Waals surface area contributed by atoms with Gasteiger partial charge in [0.1, 0.15) is 11.3 Å². The van der Waals surface area contributed by atoms with Gasteiger partial charge in [0, 0.05) is 0 Å². The number of hydrogen-bond donors (Lipinski definition) is 2. The van der Waals surface area contributed by atoms with Crippen LogP contribution >= 0.6 is 0 Å². The number of carbonyl (C=O) groups is 1. The van der Waals surface area contributed by atoms with Gasteiger partial charge in [0.2, 0.25) is 10.0 Å². The molecule has 0 amide bonds. The van der Waals surface area contributed by atoms with E-state index in [4.69, 9.17) is 4.74 Å². The molecule has 1 aromatic carbocycles. The molecule has 2 N–H and O–H groups in total. The van der Waals surface area contributed by atoms with E-state index in [9.17, 15) is 18.3 Å². The summed E-state index contributed by atoms with van der Waals surface area (Å²) in [5.41, 5.74) is -1.46. The molecule has 1 unspecified atom stereocenters. The van der Waals surface area contributed by atoms with Gasteiger partial charge in [-0.3, -0.25) is 4.79 Å². The minimum absolute atomic E-state index is 0.0198. The second-order valence-corrected chi connectivity index (χ2v) is 6.75. The van der Waals surface area contributed by atoms with Crippen LogP contribution < -0.4 is 9.46 Å². The Balaban J connectivity index is 2.27. The zero-order valence-electron chi connectivity index (χ0n) is 11.3. The summed E-state index contributed by atoms with van der Waals surface area (Å²) in [6, 6.07) is 5.81. The van der Waals surface area contributed by atoms with Gasteiger partial charge >= 0.3 is 5.97 Å². The van der Waals surface area contributed by atoms with Crippen LogP contribution in [0.25, 0.3) is 0 Å². The van der Waals surface area contributed by atoms with Crippen LogP contribution in [0.3, 0.4) is 0 Å². The third-order valence-corrected chi connectivity index (χ3v) is 5.14. The fraction of sp³-hybridized carbons (Fsp3) is 0.462. The SMILES string of the molecule is COc1ccc(S(=O)(=O)NC(C)(C(=O)O)C2CC2)cc1. The van der Waals surface area contributed by atoms with E-state index in [-0.39, 0.29) is 10.8 Å². The maximum absolute atomic E-state index is 12.3.